The fraction of sp³-hybridized carbons (Fsp3) is 0.267. The van der Waals surface area contributed by atoms with E-state index in [0.29, 0.717) is 17.4 Å². The molecule has 1 unspecified atom stereocenters. The first-order valence-corrected chi connectivity index (χ1v) is 7.03. The molecule has 0 saturated heterocycles. The van der Waals surface area contributed by atoms with Crippen LogP contribution in [0, 0.1) is 6.92 Å². The maximum absolute atomic E-state index is 12.6. The lowest BCUT2D eigenvalue weighted by molar-refractivity contribution is 0.0713. The molecule has 0 aliphatic rings. The van der Waals surface area contributed by atoms with E-state index in [0.717, 1.165) is 0 Å². The lowest BCUT2D eigenvalue weighted by atomic mass is 10.2. The van der Waals surface area contributed by atoms with Crippen molar-refractivity contribution in [3.63, 3.8) is 0 Å². The molecule has 0 aromatic carbocycles. The van der Waals surface area contributed by atoms with Gasteiger partial charge in [0.1, 0.15) is 17.3 Å². The van der Waals surface area contributed by atoms with E-state index in [-0.39, 0.29) is 5.56 Å². The van der Waals surface area contributed by atoms with Crippen molar-refractivity contribution in [3.05, 3.63) is 58.2 Å². The zero-order chi connectivity index (χ0) is 16.6. The van der Waals surface area contributed by atoms with Crippen LogP contribution in [0.2, 0.25) is 0 Å². The summed E-state index contributed by atoms with van der Waals surface area (Å²) in [6.07, 6.45) is 2.87. The fourth-order valence-electron chi connectivity index (χ4n) is 2.19. The summed E-state index contributed by atoms with van der Waals surface area (Å²) in [5, 5.41) is 3.71. The van der Waals surface area contributed by atoms with Crippen molar-refractivity contribution in [2.24, 2.45) is 0 Å². The van der Waals surface area contributed by atoms with Crippen molar-refractivity contribution < 1.29 is 9.32 Å². The predicted octanol–water partition coefficient (Wildman–Crippen LogP) is 1.22. The van der Waals surface area contributed by atoms with Crippen LogP contribution in [0.3, 0.4) is 0 Å². The maximum atomic E-state index is 12.6. The molecule has 0 bridgehead atoms. The van der Waals surface area contributed by atoms with Gasteiger partial charge >= 0.3 is 0 Å². The van der Waals surface area contributed by atoms with Crippen LogP contribution in [-0.2, 0) is 0 Å². The van der Waals surface area contributed by atoms with Crippen LogP contribution in [0.4, 0.5) is 0 Å². The summed E-state index contributed by atoms with van der Waals surface area (Å²) < 4.78 is 6.42. The molecule has 3 aromatic heterocycles. The summed E-state index contributed by atoms with van der Waals surface area (Å²) in [6.45, 7) is 3.44. The van der Waals surface area contributed by atoms with Crippen molar-refractivity contribution in [1.29, 1.82) is 0 Å². The fourth-order valence-corrected chi connectivity index (χ4v) is 2.19. The Balaban J connectivity index is 1.96. The van der Waals surface area contributed by atoms with Crippen molar-refractivity contribution in [3.8, 4) is 0 Å². The minimum atomic E-state index is -0.459. The molecule has 0 N–H and O–H groups in total. The average Bonchev–Trinajstić information content (AvgIpc) is 3.00. The van der Waals surface area contributed by atoms with Crippen LogP contribution in [-0.4, -0.2) is 37.4 Å². The Hall–Kier alpha value is -3.03. The quantitative estimate of drug-likeness (QED) is 0.721. The van der Waals surface area contributed by atoms with Gasteiger partial charge in [0.2, 0.25) is 5.89 Å². The van der Waals surface area contributed by atoms with Gasteiger partial charge in [-0.15, -0.1) is 0 Å². The Morgan fingerprint density at radius 1 is 1.39 bits per heavy atom. The molecule has 3 aromatic rings. The molecular formula is C15H15N5O3. The first kappa shape index (κ1) is 14.9. The third-order valence-corrected chi connectivity index (χ3v) is 3.65. The number of hydrogen-bond acceptors (Lipinski definition) is 6. The van der Waals surface area contributed by atoms with E-state index in [9.17, 15) is 9.59 Å². The van der Waals surface area contributed by atoms with Gasteiger partial charge in [-0.25, -0.2) is 4.98 Å². The number of nitrogens with zero attached hydrogens (tertiary/aromatic N) is 5. The molecule has 0 saturated carbocycles. The molecule has 23 heavy (non-hydrogen) atoms. The smallest absolute Gasteiger partial charge is 0.270 e. The Morgan fingerprint density at radius 3 is 2.87 bits per heavy atom. The van der Waals surface area contributed by atoms with E-state index < -0.39 is 17.5 Å². The van der Waals surface area contributed by atoms with E-state index in [1.165, 1.54) is 15.5 Å². The summed E-state index contributed by atoms with van der Waals surface area (Å²) in [6, 6.07) is 4.72. The van der Waals surface area contributed by atoms with Gasteiger partial charge in [-0.3, -0.25) is 14.0 Å². The molecule has 3 heterocycles. The van der Waals surface area contributed by atoms with Gasteiger partial charge in [0.15, 0.2) is 5.82 Å². The van der Waals surface area contributed by atoms with Crippen molar-refractivity contribution >= 4 is 11.6 Å². The van der Waals surface area contributed by atoms with E-state index >= 15 is 0 Å². The standard InChI is InChI=1S/C15H15N5O3/c1-9(13-17-10(2)18-23-13)19(3)14(21)11-8-16-12-6-4-5-7-20(12)15(11)22/h4-9H,1-3H3. The molecule has 0 aliphatic heterocycles. The summed E-state index contributed by atoms with van der Waals surface area (Å²) in [4.78, 5) is 34.7. The zero-order valence-corrected chi connectivity index (χ0v) is 12.9. The van der Waals surface area contributed by atoms with Gasteiger partial charge < -0.3 is 9.42 Å². The normalized spacial score (nSPS) is 12.3. The largest absolute Gasteiger partial charge is 0.337 e. The summed E-state index contributed by atoms with van der Waals surface area (Å²) in [5.74, 6) is 0.344. The number of carbonyl (C=O) groups is 1. The molecule has 8 heteroatoms. The lowest BCUT2D eigenvalue weighted by Crippen LogP contribution is -2.35. The third-order valence-electron chi connectivity index (χ3n) is 3.65. The minimum absolute atomic E-state index is 0.0145. The Bertz CT molecular complexity index is 930. The van der Waals surface area contributed by atoms with E-state index in [4.69, 9.17) is 4.52 Å². The number of aromatic nitrogens is 4. The Kier molecular flexibility index (Phi) is 3.65. The average molecular weight is 313 g/mol. The Morgan fingerprint density at radius 2 is 2.17 bits per heavy atom. The van der Waals surface area contributed by atoms with Crippen LogP contribution in [0.5, 0.6) is 0 Å². The molecule has 0 spiro atoms. The molecular weight excluding hydrogens is 298 g/mol. The molecule has 8 nitrogen and oxygen atoms in total. The second kappa shape index (κ2) is 5.64. The number of hydrogen-bond donors (Lipinski definition) is 0. The number of aryl methyl sites for hydroxylation is 1. The molecule has 3 rings (SSSR count). The number of amides is 1. The first-order valence-electron chi connectivity index (χ1n) is 7.03. The van der Waals surface area contributed by atoms with Crippen molar-refractivity contribution in [2.75, 3.05) is 7.05 Å². The third kappa shape index (κ3) is 2.59. The number of carbonyl (C=O) groups excluding carboxylic acids is 1. The Labute approximate surface area is 131 Å². The molecule has 0 aliphatic carbocycles. The monoisotopic (exact) mass is 313 g/mol. The van der Waals surface area contributed by atoms with Gasteiger partial charge in [0.05, 0.1) is 0 Å². The second-order valence-corrected chi connectivity index (χ2v) is 5.18. The van der Waals surface area contributed by atoms with Crippen molar-refractivity contribution in [2.45, 2.75) is 19.9 Å². The predicted molar refractivity (Wildman–Crippen MR) is 81.0 cm³/mol. The highest BCUT2D eigenvalue weighted by atomic mass is 16.5. The summed E-state index contributed by atoms with van der Waals surface area (Å²) in [5.41, 5.74) is 0.0536. The molecule has 1 atom stereocenters. The van der Waals surface area contributed by atoms with Crippen LogP contribution in [0.25, 0.3) is 5.65 Å². The van der Waals surface area contributed by atoms with E-state index in [2.05, 4.69) is 15.1 Å². The van der Waals surface area contributed by atoms with Crippen molar-refractivity contribution in [1.82, 2.24) is 24.4 Å². The minimum Gasteiger partial charge on any atom is -0.337 e. The van der Waals surface area contributed by atoms with E-state index in [1.807, 2.05) is 0 Å². The van der Waals surface area contributed by atoms with Gasteiger partial charge in [0.25, 0.3) is 11.5 Å². The number of pyridine rings is 1. The topological polar surface area (TPSA) is 93.6 Å². The van der Waals surface area contributed by atoms with Gasteiger partial charge in [-0.05, 0) is 26.0 Å². The van der Waals surface area contributed by atoms with E-state index in [1.54, 1.807) is 45.3 Å². The molecule has 0 radical (unpaired) electrons. The summed E-state index contributed by atoms with van der Waals surface area (Å²) in [7, 11) is 1.58. The SMILES string of the molecule is Cc1noc(C(C)N(C)C(=O)c2cnc3ccccn3c2=O)n1. The first-order chi connectivity index (χ1) is 11.0. The molecule has 118 valence electrons. The van der Waals surface area contributed by atoms with Gasteiger partial charge in [-0.1, -0.05) is 11.2 Å². The second-order valence-electron chi connectivity index (χ2n) is 5.18. The lowest BCUT2D eigenvalue weighted by Gasteiger charge is -2.21. The highest BCUT2D eigenvalue weighted by molar-refractivity contribution is 5.93. The van der Waals surface area contributed by atoms with Gasteiger partial charge in [0, 0.05) is 19.4 Å². The summed E-state index contributed by atoms with van der Waals surface area (Å²) >= 11 is 0. The number of rotatable bonds is 3. The van der Waals surface area contributed by atoms with Crippen LogP contribution < -0.4 is 5.56 Å². The zero-order valence-electron chi connectivity index (χ0n) is 12.9. The molecule has 0 fully saturated rings. The van der Waals surface area contributed by atoms with Gasteiger partial charge in [-0.2, -0.15) is 4.98 Å². The molecule has 1 amide bonds. The number of fused-ring (bicyclic) bond motifs is 1. The maximum Gasteiger partial charge on any atom is 0.270 e. The van der Waals surface area contributed by atoms with Crippen LogP contribution >= 0.6 is 0 Å². The highest BCUT2D eigenvalue weighted by Crippen LogP contribution is 2.18. The van der Waals surface area contributed by atoms with Crippen LogP contribution in [0.15, 0.2) is 39.9 Å². The highest BCUT2D eigenvalue weighted by Gasteiger charge is 2.25. The van der Waals surface area contributed by atoms with Crippen LogP contribution in [0.1, 0.15) is 35.0 Å².